The van der Waals surface area contributed by atoms with Gasteiger partial charge in [0.1, 0.15) is 5.75 Å². The minimum absolute atomic E-state index is 0.103. The first-order valence-electron chi connectivity index (χ1n) is 9.84. The summed E-state index contributed by atoms with van der Waals surface area (Å²) < 4.78 is 0. The van der Waals surface area contributed by atoms with Gasteiger partial charge in [-0.05, 0) is 47.9 Å². The van der Waals surface area contributed by atoms with Gasteiger partial charge in [0.05, 0.1) is 24.3 Å². The van der Waals surface area contributed by atoms with Gasteiger partial charge < -0.3 is 20.6 Å². The number of fused-ring (bicyclic) bond motifs is 1. The minimum Gasteiger partial charge on any atom is -0.508 e. The summed E-state index contributed by atoms with van der Waals surface area (Å²) in [7, 11) is 0. The van der Waals surface area contributed by atoms with E-state index >= 15 is 0 Å². The number of hydrogen-bond acceptors (Lipinski definition) is 5. The highest BCUT2D eigenvalue weighted by Gasteiger charge is 2.26. The largest absolute Gasteiger partial charge is 0.508 e. The van der Waals surface area contributed by atoms with Crippen molar-refractivity contribution in [2.45, 2.75) is 13.0 Å². The molecule has 2 heterocycles. The summed E-state index contributed by atoms with van der Waals surface area (Å²) >= 11 is 5.95. The fourth-order valence-electron chi connectivity index (χ4n) is 3.34. The molecule has 0 saturated heterocycles. The zero-order valence-electron chi connectivity index (χ0n) is 16.6. The second-order valence-corrected chi connectivity index (χ2v) is 7.66. The molecule has 3 aromatic rings. The summed E-state index contributed by atoms with van der Waals surface area (Å²) in [5, 5.41) is 15.8. The molecule has 7 nitrogen and oxygen atoms in total. The van der Waals surface area contributed by atoms with E-state index in [2.05, 4.69) is 15.6 Å². The van der Waals surface area contributed by atoms with E-state index in [0.717, 1.165) is 11.1 Å². The number of nitrogens with one attached hydrogen (secondary N) is 2. The molecular weight excluding hydrogens is 416 g/mol. The Hall–Kier alpha value is -3.58. The maximum absolute atomic E-state index is 12.6. The molecule has 4 rings (SSSR count). The lowest BCUT2D eigenvalue weighted by atomic mass is 10.1. The van der Waals surface area contributed by atoms with Gasteiger partial charge in [-0.3, -0.25) is 9.59 Å². The van der Waals surface area contributed by atoms with Crippen molar-refractivity contribution in [3.8, 4) is 5.75 Å². The lowest BCUT2D eigenvalue weighted by molar-refractivity contribution is -0.117. The molecule has 0 atom stereocenters. The summed E-state index contributed by atoms with van der Waals surface area (Å²) in [6.45, 7) is 0.941. The summed E-state index contributed by atoms with van der Waals surface area (Å²) in [5.74, 6) is 0.404. The quantitative estimate of drug-likeness (QED) is 0.550. The highest BCUT2D eigenvalue weighted by Crippen LogP contribution is 2.30. The SMILES string of the molecule is O=C(NCCc1ccc(O)cc1)c1cnc2c(c1)N(Cc1ccc(Cl)cc1)C(=O)CN2. The van der Waals surface area contributed by atoms with Gasteiger partial charge in [-0.1, -0.05) is 35.9 Å². The number of aromatic hydroxyl groups is 1. The summed E-state index contributed by atoms with van der Waals surface area (Å²) in [4.78, 5) is 31.1. The van der Waals surface area contributed by atoms with Crippen molar-refractivity contribution in [1.29, 1.82) is 0 Å². The molecule has 1 aliphatic rings. The summed E-state index contributed by atoms with van der Waals surface area (Å²) in [6.07, 6.45) is 2.13. The molecule has 0 spiro atoms. The van der Waals surface area contributed by atoms with Gasteiger partial charge in [0.25, 0.3) is 5.91 Å². The number of phenolic OH excluding ortho intramolecular Hbond substituents is 1. The first-order chi connectivity index (χ1) is 15.0. The van der Waals surface area contributed by atoms with Gasteiger partial charge in [0.15, 0.2) is 5.82 Å². The molecule has 1 aromatic heterocycles. The fraction of sp³-hybridized carbons (Fsp3) is 0.174. The molecule has 2 aromatic carbocycles. The van der Waals surface area contributed by atoms with E-state index in [-0.39, 0.29) is 24.1 Å². The van der Waals surface area contributed by atoms with Gasteiger partial charge in [-0.15, -0.1) is 0 Å². The summed E-state index contributed by atoms with van der Waals surface area (Å²) in [5.41, 5.74) is 2.87. The third-order valence-corrected chi connectivity index (χ3v) is 5.27. The van der Waals surface area contributed by atoms with Gasteiger partial charge >= 0.3 is 0 Å². The number of phenols is 1. The Morgan fingerprint density at radius 1 is 1.13 bits per heavy atom. The van der Waals surface area contributed by atoms with E-state index in [9.17, 15) is 14.7 Å². The van der Waals surface area contributed by atoms with Crippen LogP contribution in [0.4, 0.5) is 11.5 Å². The molecule has 0 saturated carbocycles. The number of rotatable bonds is 6. The summed E-state index contributed by atoms with van der Waals surface area (Å²) in [6, 6.07) is 15.8. The Balaban J connectivity index is 1.47. The molecule has 3 N–H and O–H groups in total. The standard InChI is InChI=1S/C23H21ClN4O3/c24-18-5-1-16(2-6-18)14-28-20-11-17(12-26-22(20)27-13-21(28)30)23(31)25-10-9-15-3-7-19(29)8-4-15/h1-8,11-12,29H,9-10,13-14H2,(H,25,31)(H,26,27). The van der Waals surface area contributed by atoms with Crippen molar-refractivity contribution in [3.63, 3.8) is 0 Å². The zero-order valence-corrected chi connectivity index (χ0v) is 17.4. The van der Waals surface area contributed by atoms with Gasteiger partial charge in [0, 0.05) is 17.8 Å². The second kappa shape index (κ2) is 9.06. The van der Waals surface area contributed by atoms with Gasteiger partial charge in [-0.25, -0.2) is 4.98 Å². The number of benzene rings is 2. The van der Waals surface area contributed by atoms with Crippen LogP contribution < -0.4 is 15.5 Å². The number of halogens is 1. The number of anilines is 2. The molecule has 8 heteroatoms. The Kier molecular flexibility index (Phi) is 6.04. The second-order valence-electron chi connectivity index (χ2n) is 7.22. The Labute approximate surface area is 184 Å². The van der Waals surface area contributed by atoms with Crippen LogP contribution in [0.25, 0.3) is 0 Å². The number of carbonyl (C=O) groups is 2. The lowest BCUT2D eigenvalue weighted by Gasteiger charge is -2.29. The number of carbonyl (C=O) groups excluding carboxylic acids is 2. The average Bonchev–Trinajstić information content (AvgIpc) is 2.78. The third kappa shape index (κ3) is 4.95. The molecular formula is C23H21ClN4O3. The third-order valence-electron chi connectivity index (χ3n) is 5.02. The molecule has 2 amide bonds. The Morgan fingerprint density at radius 3 is 2.58 bits per heavy atom. The molecule has 0 fully saturated rings. The first-order valence-corrected chi connectivity index (χ1v) is 10.2. The van der Waals surface area contributed by atoms with Crippen LogP contribution in [0.1, 0.15) is 21.5 Å². The normalized spacial score (nSPS) is 12.8. The van der Waals surface area contributed by atoms with Gasteiger partial charge in [0.2, 0.25) is 5.91 Å². The molecule has 0 aliphatic carbocycles. The minimum atomic E-state index is -0.265. The fourth-order valence-corrected chi connectivity index (χ4v) is 3.47. The van der Waals surface area contributed by atoms with Crippen LogP contribution in [-0.4, -0.2) is 35.0 Å². The van der Waals surface area contributed by atoms with Crippen LogP contribution in [0, 0.1) is 0 Å². The first kappa shape index (κ1) is 20.7. The topological polar surface area (TPSA) is 94.6 Å². The molecule has 31 heavy (non-hydrogen) atoms. The van der Waals surface area contributed by atoms with E-state index in [0.29, 0.717) is 41.6 Å². The number of pyridine rings is 1. The van der Waals surface area contributed by atoms with Crippen molar-refractivity contribution in [2.24, 2.45) is 0 Å². The molecule has 0 unspecified atom stereocenters. The predicted molar refractivity (Wildman–Crippen MR) is 120 cm³/mol. The van der Waals surface area contributed by atoms with Crippen molar-refractivity contribution in [1.82, 2.24) is 10.3 Å². The van der Waals surface area contributed by atoms with E-state index < -0.39 is 0 Å². The van der Waals surface area contributed by atoms with Crippen LogP contribution in [0.5, 0.6) is 5.75 Å². The Bertz CT molecular complexity index is 1100. The van der Waals surface area contributed by atoms with E-state index in [1.807, 2.05) is 24.3 Å². The lowest BCUT2D eigenvalue weighted by Crippen LogP contribution is -2.40. The highest BCUT2D eigenvalue weighted by atomic mass is 35.5. The molecule has 158 valence electrons. The van der Waals surface area contributed by atoms with E-state index in [4.69, 9.17) is 11.6 Å². The molecule has 0 bridgehead atoms. The monoisotopic (exact) mass is 436 g/mol. The van der Waals surface area contributed by atoms with Crippen molar-refractivity contribution < 1.29 is 14.7 Å². The number of amides is 2. The van der Waals surface area contributed by atoms with Crippen LogP contribution in [-0.2, 0) is 17.8 Å². The van der Waals surface area contributed by atoms with Crippen LogP contribution in [0.2, 0.25) is 5.02 Å². The number of hydrogen-bond donors (Lipinski definition) is 3. The highest BCUT2D eigenvalue weighted by molar-refractivity contribution is 6.30. The zero-order chi connectivity index (χ0) is 21.8. The van der Waals surface area contributed by atoms with Crippen molar-refractivity contribution in [2.75, 3.05) is 23.3 Å². The van der Waals surface area contributed by atoms with E-state index in [1.165, 1.54) is 6.20 Å². The maximum Gasteiger partial charge on any atom is 0.252 e. The smallest absolute Gasteiger partial charge is 0.252 e. The molecule has 1 aliphatic heterocycles. The number of nitrogens with zero attached hydrogens (tertiary/aromatic N) is 2. The average molecular weight is 437 g/mol. The van der Waals surface area contributed by atoms with Crippen molar-refractivity contribution in [3.05, 3.63) is 82.5 Å². The van der Waals surface area contributed by atoms with Crippen LogP contribution in [0.15, 0.2) is 60.8 Å². The van der Waals surface area contributed by atoms with Crippen molar-refractivity contribution >= 4 is 34.9 Å². The Morgan fingerprint density at radius 2 is 1.84 bits per heavy atom. The molecule has 0 radical (unpaired) electrons. The van der Waals surface area contributed by atoms with Gasteiger partial charge in [-0.2, -0.15) is 0 Å². The van der Waals surface area contributed by atoms with Crippen LogP contribution >= 0.6 is 11.6 Å². The van der Waals surface area contributed by atoms with Crippen LogP contribution in [0.3, 0.4) is 0 Å². The predicted octanol–water partition coefficient (Wildman–Crippen LogP) is 3.37. The number of aromatic nitrogens is 1. The van der Waals surface area contributed by atoms with E-state index in [1.54, 1.807) is 35.2 Å². The maximum atomic E-state index is 12.6.